The Balaban J connectivity index is 0.000000200. The van der Waals surface area contributed by atoms with E-state index in [0.717, 1.165) is 0 Å². The smallest absolute Gasteiger partial charge is 0.376 e. The molecular weight excluding hydrogens is 250 g/mol. The van der Waals surface area contributed by atoms with Crippen LogP contribution < -0.4 is 11.4 Å². The molecule has 0 aliphatic rings. The van der Waals surface area contributed by atoms with Crippen LogP contribution in [-0.4, -0.2) is 32.5 Å². The lowest BCUT2D eigenvalue weighted by atomic mass is 10.5. The Hall–Kier alpha value is -2.77. The van der Waals surface area contributed by atoms with Gasteiger partial charge in [-0.15, -0.1) is 0 Å². The molecule has 0 atom stereocenters. The molecule has 3 N–H and O–H groups in total. The molecule has 0 aliphatic carbocycles. The molecule has 2 aromatic rings. The topological polar surface area (TPSA) is 124 Å². The number of esters is 1. The van der Waals surface area contributed by atoms with Crippen molar-refractivity contribution < 1.29 is 9.53 Å². The summed E-state index contributed by atoms with van der Waals surface area (Å²) >= 11 is 0. The summed E-state index contributed by atoms with van der Waals surface area (Å²) in [6, 6.07) is 3.16. The number of ether oxygens (including phenoxy) is 1. The van der Waals surface area contributed by atoms with E-state index in [1.54, 1.807) is 13.0 Å². The molecule has 0 aliphatic heterocycles. The minimum atomic E-state index is -0.479. The van der Waals surface area contributed by atoms with Crippen molar-refractivity contribution in [3.63, 3.8) is 0 Å². The van der Waals surface area contributed by atoms with Crippen LogP contribution in [0, 0.1) is 0 Å². The summed E-state index contributed by atoms with van der Waals surface area (Å²) in [5.74, 6) is -0.0348. The van der Waals surface area contributed by atoms with Crippen LogP contribution in [0.15, 0.2) is 35.5 Å². The third kappa shape index (κ3) is 5.39. The van der Waals surface area contributed by atoms with Gasteiger partial charge in [-0.05, 0) is 19.1 Å². The van der Waals surface area contributed by atoms with E-state index < -0.39 is 11.7 Å². The van der Waals surface area contributed by atoms with Gasteiger partial charge < -0.3 is 10.5 Å². The lowest BCUT2D eigenvalue weighted by Gasteiger charge is -1.97. The highest BCUT2D eigenvalue weighted by Crippen LogP contribution is 1.90. The Labute approximate surface area is 108 Å². The third-order valence-electron chi connectivity index (χ3n) is 1.72. The molecule has 0 spiro atoms. The summed E-state index contributed by atoms with van der Waals surface area (Å²) in [6.07, 6.45) is 4.35. The number of anilines is 1. The molecule has 8 nitrogen and oxygen atoms in total. The summed E-state index contributed by atoms with van der Waals surface area (Å²) in [5.41, 5.74) is 4.75. The number of nitrogen functional groups attached to an aromatic ring is 1. The first-order chi connectivity index (χ1) is 9.13. The molecule has 0 unspecified atom stereocenters. The van der Waals surface area contributed by atoms with E-state index >= 15 is 0 Å². The molecule has 0 bridgehead atoms. The van der Waals surface area contributed by atoms with Crippen LogP contribution in [-0.2, 0) is 4.74 Å². The van der Waals surface area contributed by atoms with Gasteiger partial charge in [-0.2, -0.15) is 0 Å². The van der Waals surface area contributed by atoms with E-state index in [4.69, 9.17) is 5.73 Å². The van der Waals surface area contributed by atoms with E-state index in [-0.39, 0.29) is 5.82 Å². The highest BCUT2D eigenvalue weighted by molar-refractivity contribution is 5.84. The number of carbonyl (C=O) groups is 1. The third-order valence-corrected chi connectivity index (χ3v) is 1.72. The SMILES string of the molecule is CCOC(=O)c1ncccn1.Nc1ccnc(=O)[nH]1. The Morgan fingerprint density at radius 3 is 2.47 bits per heavy atom. The first-order valence-electron chi connectivity index (χ1n) is 5.38. The fourth-order valence-corrected chi connectivity index (χ4v) is 0.983. The standard InChI is InChI=1S/C7H8N2O2.C4H5N3O/c1-2-11-7(10)6-8-4-3-5-9-6;5-3-1-2-6-4(8)7-3/h3-5H,2H2,1H3;1-2H,(H3,5,6,7,8). The average molecular weight is 263 g/mol. The Bertz CT molecular complexity index is 570. The van der Waals surface area contributed by atoms with Gasteiger partial charge in [0.15, 0.2) is 0 Å². The van der Waals surface area contributed by atoms with Gasteiger partial charge in [-0.3, -0.25) is 4.98 Å². The van der Waals surface area contributed by atoms with Crippen molar-refractivity contribution in [2.45, 2.75) is 6.92 Å². The maximum Gasteiger partial charge on any atom is 0.376 e. The number of hydrogen-bond donors (Lipinski definition) is 2. The van der Waals surface area contributed by atoms with Gasteiger partial charge >= 0.3 is 11.7 Å². The molecule has 0 amide bonds. The van der Waals surface area contributed by atoms with Crippen molar-refractivity contribution in [3.05, 3.63) is 47.0 Å². The van der Waals surface area contributed by atoms with Crippen LogP contribution in [0.25, 0.3) is 0 Å². The molecule has 0 saturated carbocycles. The van der Waals surface area contributed by atoms with Crippen molar-refractivity contribution in [1.82, 2.24) is 19.9 Å². The number of aromatic nitrogens is 4. The summed E-state index contributed by atoms with van der Waals surface area (Å²) in [4.78, 5) is 34.2. The molecule has 8 heteroatoms. The summed E-state index contributed by atoms with van der Waals surface area (Å²) in [5, 5.41) is 0. The number of aromatic amines is 1. The second-order valence-corrected chi connectivity index (χ2v) is 3.12. The number of nitrogens with one attached hydrogen (secondary N) is 1. The van der Waals surface area contributed by atoms with E-state index in [2.05, 4.69) is 24.7 Å². The minimum absolute atomic E-state index is 0.106. The molecular formula is C11H13N5O3. The van der Waals surface area contributed by atoms with Crippen LogP contribution >= 0.6 is 0 Å². The quantitative estimate of drug-likeness (QED) is 0.731. The molecule has 2 rings (SSSR count). The average Bonchev–Trinajstić information content (AvgIpc) is 2.40. The fraction of sp³-hybridized carbons (Fsp3) is 0.182. The predicted octanol–water partition coefficient (Wildman–Crippen LogP) is 0.00540. The van der Waals surface area contributed by atoms with Crippen LogP contribution in [0.3, 0.4) is 0 Å². The lowest BCUT2D eigenvalue weighted by Crippen LogP contribution is -2.10. The van der Waals surface area contributed by atoms with Gasteiger partial charge in [0.05, 0.1) is 6.61 Å². The number of H-pyrrole nitrogens is 1. The van der Waals surface area contributed by atoms with E-state index in [9.17, 15) is 9.59 Å². The summed E-state index contributed by atoms with van der Waals surface area (Å²) in [6.45, 7) is 2.08. The Morgan fingerprint density at radius 2 is 2.00 bits per heavy atom. The number of hydrogen-bond acceptors (Lipinski definition) is 7. The number of nitrogens with two attached hydrogens (primary N) is 1. The van der Waals surface area contributed by atoms with Crippen LogP contribution in [0.5, 0.6) is 0 Å². The second-order valence-electron chi connectivity index (χ2n) is 3.12. The lowest BCUT2D eigenvalue weighted by molar-refractivity contribution is 0.0512. The number of nitrogens with zero attached hydrogens (tertiary/aromatic N) is 3. The van der Waals surface area contributed by atoms with Crippen molar-refractivity contribution in [3.8, 4) is 0 Å². The highest BCUT2D eigenvalue weighted by Gasteiger charge is 2.06. The first-order valence-corrected chi connectivity index (χ1v) is 5.38. The fourth-order valence-electron chi connectivity index (χ4n) is 0.983. The van der Waals surface area contributed by atoms with Gasteiger partial charge in [-0.25, -0.2) is 24.5 Å². The zero-order chi connectivity index (χ0) is 14.1. The van der Waals surface area contributed by atoms with Gasteiger partial charge in [0.25, 0.3) is 0 Å². The highest BCUT2D eigenvalue weighted by atomic mass is 16.5. The Morgan fingerprint density at radius 1 is 1.32 bits per heavy atom. The van der Waals surface area contributed by atoms with Gasteiger partial charge in [0, 0.05) is 18.6 Å². The van der Waals surface area contributed by atoms with Gasteiger partial charge in [0.2, 0.25) is 5.82 Å². The van der Waals surface area contributed by atoms with Gasteiger partial charge in [0.1, 0.15) is 5.82 Å². The van der Waals surface area contributed by atoms with E-state index in [1.165, 1.54) is 24.7 Å². The van der Waals surface area contributed by atoms with E-state index in [0.29, 0.717) is 12.4 Å². The minimum Gasteiger partial charge on any atom is -0.460 e. The molecule has 0 radical (unpaired) electrons. The first kappa shape index (κ1) is 14.3. The second kappa shape index (κ2) is 7.54. The van der Waals surface area contributed by atoms with Crippen LogP contribution in [0.4, 0.5) is 5.82 Å². The molecule has 0 fully saturated rings. The molecule has 19 heavy (non-hydrogen) atoms. The van der Waals surface area contributed by atoms with E-state index in [1.807, 2.05) is 0 Å². The molecule has 0 aromatic carbocycles. The zero-order valence-corrected chi connectivity index (χ0v) is 10.2. The van der Waals surface area contributed by atoms with Crippen molar-refractivity contribution in [2.24, 2.45) is 0 Å². The van der Waals surface area contributed by atoms with Gasteiger partial charge in [-0.1, -0.05) is 0 Å². The maximum atomic E-state index is 10.9. The van der Waals surface area contributed by atoms with Crippen molar-refractivity contribution >= 4 is 11.8 Å². The van der Waals surface area contributed by atoms with Crippen LogP contribution in [0.2, 0.25) is 0 Å². The van der Waals surface area contributed by atoms with Crippen molar-refractivity contribution in [1.29, 1.82) is 0 Å². The number of carbonyl (C=O) groups excluding carboxylic acids is 1. The maximum absolute atomic E-state index is 10.9. The zero-order valence-electron chi connectivity index (χ0n) is 10.2. The molecule has 100 valence electrons. The monoisotopic (exact) mass is 263 g/mol. The predicted molar refractivity (Wildman–Crippen MR) is 67.3 cm³/mol. The summed E-state index contributed by atoms with van der Waals surface area (Å²) < 4.78 is 4.66. The summed E-state index contributed by atoms with van der Waals surface area (Å²) in [7, 11) is 0. The Kier molecular flexibility index (Phi) is 5.67. The molecule has 0 saturated heterocycles. The number of rotatable bonds is 2. The normalized spacial score (nSPS) is 9.11. The largest absolute Gasteiger partial charge is 0.460 e. The molecule has 2 aromatic heterocycles. The van der Waals surface area contributed by atoms with Crippen LogP contribution in [0.1, 0.15) is 17.5 Å². The molecule has 2 heterocycles. The van der Waals surface area contributed by atoms with Crippen molar-refractivity contribution in [2.75, 3.05) is 12.3 Å².